The SMILES string of the molecule is CC(=O)Nc1cccc(NC(=O)c2ccc(Cl)cc2F)c1C. The summed E-state index contributed by atoms with van der Waals surface area (Å²) in [7, 11) is 0. The van der Waals surface area contributed by atoms with E-state index in [1.165, 1.54) is 19.1 Å². The maximum atomic E-state index is 13.8. The van der Waals surface area contributed by atoms with E-state index in [9.17, 15) is 14.0 Å². The Labute approximate surface area is 132 Å². The van der Waals surface area contributed by atoms with Crippen LogP contribution in [0.25, 0.3) is 0 Å². The summed E-state index contributed by atoms with van der Waals surface area (Å²) in [4.78, 5) is 23.3. The average molecular weight is 321 g/mol. The molecule has 6 heteroatoms. The van der Waals surface area contributed by atoms with Crippen LogP contribution in [-0.4, -0.2) is 11.8 Å². The third-order valence-corrected chi connectivity index (χ3v) is 3.30. The van der Waals surface area contributed by atoms with E-state index in [2.05, 4.69) is 10.6 Å². The second-order valence-electron chi connectivity index (χ2n) is 4.74. The number of amides is 2. The summed E-state index contributed by atoms with van der Waals surface area (Å²) in [5.74, 6) is -1.49. The van der Waals surface area contributed by atoms with Crippen molar-refractivity contribution in [2.24, 2.45) is 0 Å². The van der Waals surface area contributed by atoms with Crippen LogP contribution in [-0.2, 0) is 4.79 Å². The average Bonchev–Trinajstić information content (AvgIpc) is 2.42. The summed E-state index contributed by atoms with van der Waals surface area (Å²) in [6, 6.07) is 8.92. The highest BCUT2D eigenvalue weighted by Crippen LogP contribution is 2.24. The summed E-state index contributed by atoms with van der Waals surface area (Å²) < 4.78 is 13.8. The summed E-state index contributed by atoms with van der Waals surface area (Å²) in [5, 5.41) is 5.51. The van der Waals surface area contributed by atoms with Crippen LogP contribution in [0.5, 0.6) is 0 Å². The summed E-state index contributed by atoms with van der Waals surface area (Å²) in [6.07, 6.45) is 0. The minimum atomic E-state index is -0.694. The molecular formula is C16H14ClFN2O2. The van der Waals surface area contributed by atoms with Crippen LogP contribution in [0.15, 0.2) is 36.4 Å². The van der Waals surface area contributed by atoms with Crippen LogP contribution >= 0.6 is 11.6 Å². The van der Waals surface area contributed by atoms with Crippen molar-refractivity contribution in [1.82, 2.24) is 0 Å². The van der Waals surface area contributed by atoms with E-state index in [1.54, 1.807) is 25.1 Å². The predicted octanol–water partition coefficient (Wildman–Crippen LogP) is 4.00. The molecule has 0 aliphatic heterocycles. The smallest absolute Gasteiger partial charge is 0.258 e. The van der Waals surface area contributed by atoms with Crippen LogP contribution in [0.1, 0.15) is 22.8 Å². The molecule has 0 radical (unpaired) electrons. The molecule has 0 saturated heterocycles. The number of hydrogen-bond acceptors (Lipinski definition) is 2. The molecule has 2 N–H and O–H groups in total. The molecule has 0 spiro atoms. The first-order chi connectivity index (χ1) is 10.4. The Bertz CT molecular complexity index is 747. The van der Waals surface area contributed by atoms with Gasteiger partial charge in [0.2, 0.25) is 5.91 Å². The summed E-state index contributed by atoms with van der Waals surface area (Å²) in [5.41, 5.74) is 1.65. The molecule has 0 aliphatic rings. The topological polar surface area (TPSA) is 58.2 Å². The normalized spacial score (nSPS) is 10.2. The minimum Gasteiger partial charge on any atom is -0.326 e. The molecular weight excluding hydrogens is 307 g/mol. The molecule has 2 amide bonds. The monoisotopic (exact) mass is 320 g/mol. The first-order valence-electron chi connectivity index (χ1n) is 6.52. The Morgan fingerprint density at radius 3 is 2.32 bits per heavy atom. The van der Waals surface area contributed by atoms with Gasteiger partial charge in [0.15, 0.2) is 0 Å². The fraction of sp³-hybridized carbons (Fsp3) is 0.125. The second-order valence-corrected chi connectivity index (χ2v) is 5.17. The van der Waals surface area contributed by atoms with E-state index in [0.717, 1.165) is 6.07 Å². The lowest BCUT2D eigenvalue weighted by molar-refractivity contribution is -0.114. The van der Waals surface area contributed by atoms with E-state index < -0.39 is 11.7 Å². The van der Waals surface area contributed by atoms with Gasteiger partial charge in [-0.3, -0.25) is 9.59 Å². The maximum absolute atomic E-state index is 13.8. The van der Waals surface area contributed by atoms with Gasteiger partial charge in [0.25, 0.3) is 5.91 Å². The molecule has 22 heavy (non-hydrogen) atoms. The standard InChI is InChI=1S/C16H14ClFN2O2/c1-9-14(19-10(2)21)4-3-5-15(9)20-16(22)12-7-6-11(17)8-13(12)18/h3-8H,1-2H3,(H,19,21)(H,20,22). The first kappa shape index (κ1) is 16.0. The maximum Gasteiger partial charge on any atom is 0.258 e. The van der Waals surface area contributed by atoms with Gasteiger partial charge < -0.3 is 10.6 Å². The lowest BCUT2D eigenvalue weighted by Gasteiger charge is -2.13. The Morgan fingerprint density at radius 2 is 1.73 bits per heavy atom. The van der Waals surface area contributed by atoms with Crippen molar-refractivity contribution in [2.45, 2.75) is 13.8 Å². The predicted molar refractivity (Wildman–Crippen MR) is 84.8 cm³/mol. The lowest BCUT2D eigenvalue weighted by atomic mass is 10.1. The van der Waals surface area contributed by atoms with Crippen molar-refractivity contribution in [1.29, 1.82) is 0 Å². The lowest BCUT2D eigenvalue weighted by Crippen LogP contribution is -2.15. The molecule has 4 nitrogen and oxygen atoms in total. The van der Waals surface area contributed by atoms with Gasteiger partial charge in [-0.15, -0.1) is 0 Å². The van der Waals surface area contributed by atoms with Crippen LogP contribution in [0.2, 0.25) is 5.02 Å². The van der Waals surface area contributed by atoms with Crippen LogP contribution in [0.3, 0.4) is 0 Å². The van der Waals surface area contributed by atoms with E-state index >= 15 is 0 Å². The van der Waals surface area contributed by atoms with E-state index in [4.69, 9.17) is 11.6 Å². The quantitative estimate of drug-likeness (QED) is 0.898. The van der Waals surface area contributed by atoms with Crippen molar-refractivity contribution in [3.8, 4) is 0 Å². The highest BCUT2D eigenvalue weighted by Gasteiger charge is 2.14. The van der Waals surface area contributed by atoms with E-state index in [-0.39, 0.29) is 16.5 Å². The highest BCUT2D eigenvalue weighted by molar-refractivity contribution is 6.30. The molecule has 2 rings (SSSR count). The summed E-state index contributed by atoms with van der Waals surface area (Å²) in [6.45, 7) is 3.15. The van der Waals surface area contributed by atoms with Gasteiger partial charge in [-0.1, -0.05) is 17.7 Å². The zero-order valence-electron chi connectivity index (χ0n) is 12.0. The molecule has 2 aromatic rings. The number of halogens is 2. The number of benzene rings is 2. The number of nitrogens with one attached hydrogen (secondary N) is 2. The molecule has 0 saturated carbocycles. The van der Waals surface area contributed by atoms with Crippen molar-refractivity contribution in [3.63, 3.8) is 0 Å². The third-order valence-electron chi connectivity index (χ3n) is 3.07. The van der Waals surface area contributed by atoms with Gasteiger partial charge >= 0.3 is 0 Å². The van der Waals surface area contributed by atoms with Crippen molar-refractivity contribution in [2.75, 3.05) is 10.6 Å². The van der Waals surface area contributed by atoms with Crippen molar-refractivity contribution >= 4 is 34.8 Å². The van der Waals surface area contributed by atoms with Crippen LogP contribution < -0.4 is 10.6 Å². The van der Waals surface area contributed by atoms with Crippen LogP contribution in [0, 0.1) is 12.7 Å². The molecule has 114 valence electrons. The summed E-state index contributed by atoms with van der Waals surface area (Å²) >= 11 is 5.66. The van der Waals surface area contributed by atoms with Gasteiger partial charge in [0.05, 0.1) is 5.56 Å². The number of hydrogen-bond donors (Lipinski definition) is 2. The molecule has 0 unspecified atom stereocenters. The van der Waals surface area contributed by atoms with Crippen LogP contribution in [0.4, 0.5) is 15.8 Å². The van der Waals surface area contributed by atoms with Gasteiger partial charge in [0, 0.05) is 23.3 Å². The largest absolute Gasteiger partial charge is 0.326 e. The molecule has 0 heterocycles. The van der Waals surface area contributed by atoms with Gasteiger partial charge in [-0.2, -0.15) is 0 Å². The first-order valence-corrected chi connectivity index (χ1v) is 6.90. The Balaban J connectivity index is 2.27. The molecule has 0 aromatic heterocycles. The van der Waals surface area contributed by atoms with Crippen molar-refractivity contribution < 1.29 is 14.0 Å². The number of carbonyl (C=O) groups is 2. The molecule has 0 bridgehead atoms. The zero-order chi connectivity index (χ0) is 16.3. The second kappa shape index (κ2) is 6.58. The molecule has 0 fully saturated rings. The van der Waals surface area contributed by atoms with E-state index in [0.29, 0.717) is 16.9 Å². The number of carbonyl (C=O) groups excluding carboxylic acids is 2. The van der Waals surface area contributed by atoms with Crippen molar-refractivity contribution in [3.05, 3.63) is 58.4 Å². The highest BCUT2D eigenvalue weighted by atomic mass is 35.5. The molecule has 0 atom stereocenters. The Hall–Kier alpha value is -2.40. The third kappa shape index (κ3) is 3.62. The molecule has 0 aliphatic carbocycles. The number of anilines is 2. The minimum absolute atomic E-state index is 0.103. The van der Waals surface area contributed by atoms with Gasteiger partial charge in [0.1, 0.15) is 5.82 Å². The van der Waals surface area contributed by atoms with Gasteiger partial charge in [-0.05, 0) is 42.8 Å². The fourth-order valence-corrected chi connectivity index (χ4v) is 2.12. The van der Waals surface area contributed by atoms with E-state index in [1.807, 2.05) is 0 Å². The van der Waals surface area contributed by atoms with Gasteiger partial charge in [-0.25, -0.2) is 4.39 Å². The Kier molecular flexibility index (Phi) is 4.78. The zero-order valence-corrected chi connectivity index (χ0v) is 12.8. The fourth-order valence-electron chi connectivity index (χ4n) is 1.96. The molecule has 2 aromatic carbocycles. The Morgan fingerprint density at radius 1 is 1.09 bits per heavy atom. The number of rotatable bonds is 3.